The molecule has 6 rings (SSSR count). The second-order valence-electron chi connectivity index (χ2n) is 13.3. The number of pyridine rings is 1. The van der Waals surface area contributed by atoms with Gasteiger partial charge in [-0.2, -0.15) is 0 Å². The Morgan fingerprint density at radius 3 is 2.09 bits per heavy atom. The minimum absolute atomic E-state index is 0.00576. The minimum Gasteiger partial charge on any atom is -0.599 e. The summed E-state index contributed by atoms with van der Waals surface area (Å²) >= 11 is 0. The van der Waals surface area contributed by atoms with Gasteiger partial charge in [0.25, 0.3) is 5.91 Å². The normalized spacial score (nSPS) is 26.6. The van der Waals surface area contributed by atoms with E-state index in [0.29, 0.717) is 25.2 Å². The van der Waals surface area contributed by atoms with Crippen molar-refractivity contribution in [3.8, 4) is 11.3 Å². The van der Waals surface area contributed by atoms with Crippen molar-refractivity contribution in [3.05, 3.63) is 84.6 Å². The SMILES string of the molecule is CC(C)C[C@H](NC(=O)[C@@H](NC(=O)c1cccc(-c2ccccc2)n1)[C@@H](C)O)[B-]12OC(=O)[C@@H]3CN(c4ccccc4)C[C@@H](C(=O)O1)[N+]32C. The van der Waals surface area contributed by atoms with Crippen LogP contribution in [0.3, 0.4) is 0 Å². The van der Waals surface area contributed by atoms with Crippen LogP contribution in [-0.2, 0) is 23.7 Å². The average Bonchev–Trinajstić information content (AvgIpc) is 3.42. The number of hydrogen-bond donors (Lipinski definition) is 3. The van der Waals surface area contributed by atoms with Gasteiger partial charge in [-0.05, 0) is 43.5 Å². The summed E-state index contributed by atoms with van der Waals surface area (Å²) in [6.45, 7) is 3.14. The lowest BCUT2D eigenvalue weighted by molar-refractivity contribution is -0.845. The quantitative estimate of drug-likeness (QED) is 0.283. The minimum atomic E-state index is -2.75. The Morgan fingerprint density at radius 2 is 1.51 bits per heavy atom. The van der Waals surface area contributed by atoms with Crippen molar-refractivity contribution < 1.29 is 38.0 Å². The summed E-state index contributed by atoms with van der Waals surface area (Å²) in [5.74, 6) is -3.28. The summed E-state index contributed by atoms with van der Waals surface area (Å²) in [4.78, 5) is 60.9. The summed E-state index contributed by atoms with van der Waals surface area (Å²) in [7, 11) is 1.80. The number of rotatable bonds is 10. The highest BCUT2D eigenvalue weighted by molar-refractivity contribution is 6.68. The molecule has 0 bridgehead atoms. The third-order valence-electron chi connectivity index (χ3n) is 9.80. The molecule has 3 saturated heterocycles. The molecular weight excluding hydrogens is 601 g/mol. The van der Waals surface area contributed by atoms with Gasteiger partial charge in [0.1, 0.15) is 11.7 Å². The first-order valence-electron chi connectivity index (χ1n) is 16.0. The van der Waals surface area contributed by atoms with Gasteiger partial charge in [-0.1, -0.05) is 68.4 Å². The van der Waals surface area contributed by atoms with Crippen molar-refractivity contribution in [1.29, 1.82) is 0 Å². The molecular formula is C34H40BN5O7. The molecule has 12 nitrogen and oxygen atoms in total. The highest BCUT2D eigenvalue weighted by atomic mass is 16.7. The second-order valence-corrected chi connectivity index (χ2v) is 13.3. The van der Waals surface area contributed by atoms with E-state index in [2.05, 4.69) is 15.6 Å². The number of likely N-dealkylation sites (N-methyl/N-ethyl adjacent to an activating group) is 1. The lowest BCUT2D eigenvalue weighted by Crippen LogP contribution is -2.79. The van der Waals surface area contributed by atoms with E-state index in [-0.39, 0.29) is 16.0 Å². The third kappa shape index (κ3) is 5.63. The van der Waals surface area contributed by atoms with E-state index in [4.69, 9.17) is 9.31 Å². The lowest BCUT2D eigenvalue weighted by atomic mass is 9.56. The Hall–Kier alpha value is -4.75. The zero-order valence-electron chi connectivity index (χ0n) is 26.9. The molecule has 1 aromatic heterocycles. The van der Waals surface area contributed by atoms with Crippen LogP contribution in [0, 0.1) is 5.92 Å². The molecule has 0 aliphatic carbocycles. The number of benzene rings is 2. The van der Waals surface area contributed by atoms with Gasteiger partial charge in [0.15, 0.2) is 12.1 Å². The predicted molar refractivity (Wildman–Crippen MR) is 174 cm³/mol. The summed E-state index contributed by atoms with van der Waals surface area (Å²) in [6.07, 6.45) is -0.985. The molecule has 2 amide bonds. The summed E-state index contributed by atoms with van der Waals surface area (Å²) < 4.78 is 12.1. The van der Waals surface area contributed by atoms with E-state index in [9.17, 15) is 24.3 Å². The van der Waals surface area contributed by atoms with Gasteiger partial charge in [0, 0.05) is 18.3 Å². The van der Waals surface area contributed by atoms with Gasteiger partial charge in [-0.25, -0.2) is 14.6 Å². The maximum absolute atomic E-state index is 13.9. The van der Waals surface area contributed by atoms with Crippen molar-refractivity contribution in [1.82, 2.24) is 15.6 Å². The number of carbonyl (C=O) groups is 4. The molecule has 5 atom stereocenters. The van der Waals surface area contributed by atoms with Crippen LogP contribution in [0.15, 0.2) is 78.9 Å². The van der Waals surface area contributed by atoms with Gasteiger partial charge in [0.2, 0.25) is 5.91 Å². The Balaban J connectivity index is 1.26. The van der Waals surface area contributed by atoms with Crippen LogP contribution in [0.2, 0.25) is 0 Å². The highest BCUT2D eigenvalue weighted by Crippen LogP contribution is 2.47. The summed E-state index contributed by atoms with van der Waals surface area (Å²) in [5.41, 5.74) is 2.35. The number of hydrogen-bond acceptors (Lipinski definition) is 9. The van der Waals surface area contributed by atoms with Crippen LogP contribution < -0.4 is 15.5 Å². The van der Waals surface area contributed by atoms with E-state index < -0.39 is 60.6 Å². The van der Waals surface area contributed by atoms with Crippen molar-refractivity contribution in [2.45, 2.75) is 57.4 Å². The molecule has 3 N–H and O–H groups in total. The largest absolute Gasteiger partial charge is 0.606 e. The standard InChI is InChI=1S/C34H40BN5O7/c1-21(2)18-29(35-40(4)27(33(44)46-35)19-39(20-28(40)34(45)47-35)24-14-9-6-10-15-24)37-32(43)30(22(3)41)38-31(42)26-17-11-16-25(36-26)23-12-7-5-8-13-23/h5-17,21-22,27-30,41H,18-20H2,1-4H3,(H,37,43)(H,38,42)/t22-,27+,28+,29+,30+,35?,40?/m1/s1. The molecule has 0 saturated carbocycles. The van der Waals surface area contributed by atoms with E-state index in [1.165, 1.54) is 13.0 Å². The van der Waals surface area contributed by atoms with Crippen LogP contribution in [0.4, 0.5) is 5.69 Å². The number of aliphatic hydroxyl groups excluding tert-OH is 1. The number of aliphatic hydroxyl groups is 1. The van der Waals surface area contributed by atoms with Crippen molar-refractivity contribution in [2.24, 2.45) is 5.92 Å². The summed E-state index contributed by atoms with van der Waals surface area (Å²) in [6, 6.07) is 21.0. The monoisotopic (exact) mass is 641 g/mol. The smallest absolute Gasteiger partial charge is 0.599 e. The fraction of sp³-hybridized carbons (Fsp3) is 0.382. The lowest BCUT2D eigenvalue weighted by Gasteiger charge is -2.54. The average molecular weight is 642 g/mol. The molecule has 3 aromatic rings. The number of anilines is 1. The first-order chi connectivity index (χ1) is 22.4. The predicted octanol–water partition coefficient (Wildman–Crippen LogP) is 2.05. The van der Waals surface area contributed by atoms with E-state index in [0.717, 1.165) is 11.3 Å². The molecule has 2 aromatic carbocycles. The van der Waals surface area contributed by atoms with Crippen LogP contribution in [0.1, 0.15) is 37.7 Å². The van der Waals surface area contributed by atoms with E-state index in [1.54, 1.807) is 19.2 Å². The second kappa shape index (κ2) is 12.5. The first kappa shape index (κ1) is 32.2. The molecule has 4 heterocycles. The topological polar surface area (TPSA) is 147 Å². The van der Waals surface area contributed by atoms with Gasteiger partial charge in [0.05, 0.1) is 30.8 Å². The van der Waals surface area contributed by atoms with E-state index >= 15 is 0 Å². The van der Waals surface area contributed by atoms with Crippen LogP contribution >= 0.6 is 0 Å². The molecule has 13 heteroatoms. The summed E-state index contributed by atoms with van der Waals surface area (Å²) in [5, 5.41) is 16.3. The molecule has 0 unspecified atom stereocenters. The molecule has 0 spiro atoms. The number of para-hydroxylation sites is 1. The fourth-order valence-corrected chi connectivity index (χ4v) is 7.38. The number of nitrogens with one attached hydrogen (secondary N) is 2. The van der Waals surface area contributed by atoms with Crippen LogP contribution in [0.5, 0.6) is 0 Å². The van der Waals surface area contributed by atoms with E-state index in [1.807, 2.05) is 79.4 Å². The van der Waals surface area contributed by atoms with Gasteiger partial charge >= 0.3 is 18.6 Å². The van der Waals surface area contributed by atoms with Gasteiger partial charge in [-0.15, -0.1) is 0 Å². The van der Waals surface area contributed by atoms with Crippen molar-refractivity contribution >= 4 is 36.1 Å². The van der Waals surface area contributed by atoms with Crippen molar-refractivity contribution in [2.75, 3.05) is 25.0 Å². The zero-order chi connectivity index (χ0) is 33.5. The number of amides is 2. The number of carbonyl (C=O) groups excluding carboxylic acids is 4. The number of aromatic nitrogens is 1. The third-order valence-corrected chi connectivity index (χ3v) is 9.80. The Morgan fingerprint density at radius 1 is 0.915 bits per heavy atom. The molecule has 246 valence electrons. The van der Waals surface area contributed by atoms with Crippen LogP contribution in [0.25, 0.3) is 11.3 Å². The molecule has 3 fully saturated rings. The van der Waals surface area contributed by atoms with Crippen molar-refractivity contribution in [3.63, 3.8) is 0 Å². The zero-order valence-corrected chi connectivity index (χ0v) is 26.9. The first-order valence-corrected chi connectivity index (χ1v) is 16.0. The maximum atomic E-state index is 13.9. The Kier molecular flexibility index (Phi) is 8.54. The maximum Gasteiger partial charge on any atom is 0.606 e. The molecule has 3 aliphatic heterocycles. The Labute approximate surface area is 273 Å². The van der Waals surface area contributed by atoms with Gasteiger partial charge in [-0.3, -0.25) is 9.59 Å². The number of piperazine rings is 1. The van der Waals surface area contributed by atoms with Crippen LogP contribution in [-0.4, -0.2) is 95.2 Å². The van der Waals surface area contributed by atoms with Gasteiger partial charge < -0.3 is 34.3 Å². The molecule has 47 heavy (non-hydrogen) atoms. The number of quaternary nitrogens is 1. The Bertz CT molecular complexity index is 1640. The molecule has 3 aliphatic rings. The highest BCUT2D eigenvalue weighted by Gasteiger charge is 2.78. The molecule has 0 radical (unpaired) electrons. The fourth-order valence-electron chi connectivity index (χ4n) is 7.38. The number of nitrogens with zero attached hydrogens (tertiary/aromatic N) is 3.